The molecule has 11 heteroatoms. The van der Waals surface area contributed by atoms with Gasteiger partial charge in [0.05, 0.1) is 42.7 Å². The third-order valence-electron chi connectivity index (χ3n) is 9.01. The zero-order valence-electron chi connectivity index (χ0n) is 25.0. The largest absolute Gasteiger partial charge is 0.461 e. The SMILES string of the molecule is CCOC(=O)c1cc(-c2ccc(N3CCC(C#N)CC3)nc2)c2c(C3CCC3)nn(-c3ccnc(N4CCOCC4)c3)c2n1. The third kappa shape index (κ3) is 5.35. The number of hydrogen-bond donors (Lipinski definition) is 0. The molecular formula is C33H36N8O3. The van der Waals surface area contributed by atoms with Crippen LogP contribution in [0.15, 0.2) is 42.7 Å². The van der Waals surface area contributed by atoms with Gasteiger partial charge in [-0.05, 0) is 62.4 Å². The first-order chi connectivity index (χ1) is 21.6. The Balaban J connectivity index is 1.35. The summed E-state index contributed by atoms with van der Waals surface area (Å²) in [5.74, 6) is 1.72. The fourth-order valence-corrected chi connectivity index (χ4v) is 6.30. The maximum absolute atomic E-state index is 13.1. The molecule has 44 heavy (non-hydrogen) atoms. The maximum atomic E-state index is 13.1. The molecule has 4 aromatic heterocycles. The van der Waals surface area contributed by atoms with Crippen molar-refractivity contribution in [1.82, 2.24) is 24.7 Å². The van der Waals surface area contributed by atoms with Gasteiger partial charge in [-0.1, -0.05) is 6.42 Å². The van der Waals surface area contributed by atoms with Gasteiger partial charge >= 0.3 is 5.97 Å². The highest BCUT2D eigenvalue weighted by Gasteiger charge is 2.30. The predicted molar refractivity (Wildman–Crippen MR) is 166 cm³/mol. The first kappa shape index (κ1) is 28.2. The number of carbonyl (C=O) groups excluding carboxylic acids is 1. The standard InChI is InChI=1S/C33H36N8O3/c1-2-44-33(42)27-19-26(24-6-7-28(36-21-24)39-12-9-22(20-34)10-13-39)30-31(23-4-3-5-23)38-41(32(30)37-27)25-8-11-35-29(18-25)40-14-16-43-17-15-40/h6-8,11,18-19,21-23H,2-5,9-10,12-17H2,1H3. The molecule has 3 aliphatic rings. The minimum atomic E-state index is -0.470. The van der Waals surface area contributed by atoms with Crippen molar-refractivity contribution in [2.45, 2.75) is 44.9 Å². The number of hydrogen-bond acceptors (Lipinski definition) is 10. The van der Waals surface area contributed by atoms with Crippen LogP contribution in [0.1, 0.15) is 61.1 Å². The Morgan fingerprint density at radius 3 is 2.50 bits per heavy atom. The number of morpholine rings is 1. The first-order valence-corrected chi connectivity index (χ1v) is 15.6. The molecule has 3 fully saturated rings. The Morgan fingerprint density at radius 1 is 1.02 bits per heavy atom. The summed E-state index contributed by atoms with van der Waals surface area (Å²) in [6, 6.07) is 12.3. The van der Waals surface area contributed by atoms with Crippen LogP contribution in [0.3, 0.4) is 0 Å². The molecule has 0 unspecified atom stereocenters. The van der Waals surface area contributed by atoms with Gasteiger partial charge in [0.2, 0.25) is 0 Å². The molecule has 1 saturated carbocycles. The highest BCUT2D eigenvalue weighted by Crippen LogP contribution is 2.43. The smallest absolute Gasteiger partial charge is 0.357 e. The minimum absolute atomic E-state index is 0.115. The molecule has 4 aromatic rings. The molecule has 0 amide bonds. The summed E-state index contributed by atoms with van der Waals surface area (Å²) >= 11 is 0. The summed E-state index contributed by atoms with van der Waals surface area (Å²) in [4.78, 5) is 31.9. The summed E-state index contributed by atoms with van der Waals surface area (Å²) in [5, 5.41) is 15.4. The van der Waals surface area contributed by atoms with E-state index in [9.17, 15) is 10.1 Å². The lowest BCUT2D eigenvalue weighted by molar-refractivity contribution is 0.0520. The van der Waals surface area contributed by atoms with Crippen molar-refractivity contribution in [2.75, 3.05) is 55.8 Å². The van der Waals surface area contributed by atoms with E-state index in [1.165, 1.54) is 0 Å². The number of piperidine rings is 1. The summed E-state index contributed by atoms with van der Waals surface area (Å²) < 4.78 is 12.8. The van der Waals surface area contributed by atoms with E-state index < -0.39 is 5.97 Å². The van der Waals surface area contributed by atoms with E-state index in [1.807, 2.05) is 35.1 Å². The van der Waals surface area contributed by atoms with Crippen LogP contribution in [0.4, 0.5) is 11.6 Å². The molecule has 2 saturated heterocycles. The molecule has 0 radical (unpaired) electrons. The Morgan fingerprint density at radius 2 is 1.82 bits per heavy atom. The van der Waals surface area contributed by atoms with Crippen LogP contribution in [0, 0.1) is 17.2 Å². The van der Waals surface area contributed by atoms with E-state index in [1.54, 1.807) is 13.1 Å². The number of anilines is 2. The first-order valence-electron chi connectivity index (χ1n) is 15.6. The highest BCUT2D eigenvalue weighted by molar-refractivity contribution is 6.00. The van der Waals surface area contributed by atoms with E-state index >= 15 is 0 Å². The molecule has 7 rings (SSSR count). The quantitative estimate of drug-likeness (QED) is 0.274. The zero-order valence-corrected chi connectivity index (χ0v) is 25.0. The van der Waals surface area contributed by atoms with E-state index in [4.69, 9.17) is 24.5 Å². The highest BCUT2D eigenvalue weighted by atomic mass is 16.5. The average Bonchev–Trinajstić information content (AvgIpc) is 3.43. The molecule has 0 spiro atoms. The van der Waals surface area contributed by atoms with E-state index in [0.717, 1.165) is 97.8 Å². The van der Waals surface area contributed by atoms with Gasteiger partial charge in [-0.25, -0.2) is 24.4 Å². The van der Waals surface area contributed by atoms with E-state index in [0.29, 0.717) is 24.8 Å². The fourth-order valence-electron chi connectivity index (χ4n) is 6.30. The summed E-state index contributed by atoms with van der Waals surface area (Å²) in [5.41, 5.74) is 4.45. The van der Waals surface area contributed by atoms with Crippen molar-refractivity contribution in [2.24, 2.45) is 5.92 Å². The molecule has 0 atom stereocenters. The topological polar surface area (TPSA) is 122 Å². The monoisotopic (exact) mass is 592 g/mol. The summed E-state index contributed by atoms with van der Waals surface area (Å²) in [7, 11) is 0. The van der Waals surface area contributed by atoms with Crippen molar-refractivity contribution in [3.05, 3.63) is 54.1 Å². The fraction of sp³-hybridized carbons (Fsp3) is 0.455. The minimum Gasteiger partial charge on any atom is -0.461 e. The number of carbonyl (C=O) groups is 1. The predicted octanol–water partition coefficient (Wildman–Crippen LogP) is 4.90. The molecule has 0 N–H and O–H groups in total. The van der Waals surface area contributed by atoms with Crippen LogP contribution in [0.25, 0.3) is 27.8 Å². The second-order valence-electron chi connectivity index (χ2n) is 11.7. The summed E-state index contributed by atoms with van der Waals surface area (Å²) in [6.07, 6.45) is 8.67. The molecule has 226 valence electrons. The second kappa shape index (κ2) is 12.2. The number of nitriles is 1. The summed E-state index contributed by atoms with van der Waals surface area (Å²) in [6.45, 7) is 6.57. The van der Waals surface area contributed by atoms with Gasteiger partial charge in [0, 0.05) is 62.0 Å². The lowest BCUT2D eigenvalue weighted by Crippen LogP contribution is -2.36. The molecular weight excluding hydrogens is 556 g/mol. The van der Waals surface area contributed by atoms with Gasteiger partial charge in [-0.3, -0.25) is 0 Å². The van der Waals surface area contributed by atoms with Gasteiger partial charge in [0.25, 0.3) is 0 Å². The van der Waals surface area contributed by atoms with E-state index in [-0.39, 0.29) is 18.2 Å². The van der Waals surface area contributed by atoms with Gasteiger partial charge in [0.15, 0.2) is 11.3 Å². The molecule has 1 aliphatic carbocycles. The number of rotatable bonds is 7. The lowest BCUT2D eigenvalue weighted by Gasteiger charge is -2.30. The van der Waals surface area contributed by atoms with Crippen LogP contribution >= 0.6 is 0 Å². The Bertz CT molecular complexity index is 1690. The second-order valence-corrected chi connectivity index (χ2v) is 11.7. The third-order valence-corrected chi connectivity index (χ3v) is 9.01. The van der Waals surface area contributed by atoms with Crippen molar-refractivity contribution in [1.29, 1.82) is 5.26 Å². The number of esters is 1. The molecule has 0 bridgehead atoms. The van der Waals surface area contributed by atoms with Crippen molar-refractivity contribution < 1.29 is 14.3 Å². The van der Waals surface area contributed by atoms with Gasteiger partial charge < -0.3 is 19.3 Å². The van der Waals surface area contributed by atoms with Crippen LogP contribution in [-0.4, -0.2) is 76.7 Å². The zero-order chi connectivity index (χ0) is 30.0. The van der Waals surface area contributed by atoms with E-state index in [2.05, 4.69) is 26.9 Å². The number of fused-ring (bicyclic) bond motifs is 1. The van der Waals surface area contributed by atoms with Crippen LogP contribution < -0.4 is 9.80 Å². The lowest BCUT2D eigenvalue weighted by atomic mass is 9.81. The van der Waals surface area contributed by atoms with Gasteiger partial charge in [-0.15, -0.1) is 0 Å². The number of pyridine rings is 3. The number of ether oxygens (including phenoxy) is 2. The molecule has 2 aliphatic heterocycles. The van der Waals surface area contributed by atoms with Crippen molar-refractivity contribution in [3.8, 4) is 22.9 Å². The Labute approximate surface area is 256 Å². The molecule has 6 heterocycles. The maximum Gasteiger partial charge on any atom is 0.357 e. The van der Waals surface area contributed by atoms with Crippen LogP contribution in [0.5, 0.6) is 0 Å². The Kier molecular flexibility index (Phi) is 7.83. The average molecular weight is 593 g/mol. The Hall–Kier alpha value is -4.56. The van der Waals surface area contributed by atoms with Gasteiger partial charge in [-0.2, -0.15) is 10.4 Å². The van der Waals surface area contributed by atoms with Gasteiger partial charge in [0.1, 0.15) is 11.6 Å². The number of nitrogens with zero attached hydrogens (tertiary/aromatic N) is 8. The van der Waals surface area contributed by atoms with Crippen molar-refractivity contribution >= 4 is 28.6 Å². The van der Waals surface area contributed by atoms with Crippen LogP contribution in [0.2, 0.25) is 0 Å². The number of aromatic nitrogens is 5. The normalized spacial score (nSPS) is 17.8. The van der Waals surface area contributed by atoms with Crippen LogP contribution in [-0.2, 0) is 9.47 Å². The molecule has 11 nitrogen and oxygen atoms in total. The van der Waals surface area contributed by atoms with Crippen molar-refractivity contribution in [3.63, 3.8) is 0 Å². The molecule has 0 aromatic carbocycles.